The quantitative estimate of drug-likeness (QED) is 0.770. The van der Waals surface area contributed by atoms with Crippen LogP contribution >= 0.6 is 0 Å². The van der Waals surface area contributed by atoms with Gasteiger partial charge in [0.05, 0.1) is 18.5 Å². The average Bonchev–Trinajstić information content (AvgIpc) is 3.03. The molecule has 0 saturated heterocycles. The lowest BCUT2D eigenvalue weighted by Crippen LogP contribution is -2.05. The number of nitrogens with zero attached hydrogens (tertiary/aromatic N) is 3. The average molecular weight is 257 g/mol. The molecule has 0 fully saturated rings. The monoisotopic (exact) mass is 257 g/mol. The van der Waals surface area contributed by atoms with Crippen LogP contribution in [0.1, 0.15) is 33.7 Å². The van der Waals surface area contributed by atoms with E-state index in [1.54, 1.807) is 4.68 Å². The van der Waals surface area contributed by atoms with Crippen molar-refractivity contribution in [1.82, 2.24) is 15.0 Å². The van der Waals surface area contributed by atoms with Gasteiger partial charge in [-0.2, -0.15) is 0 Å². The first-order valence-electron chi connectivity index (χ1n) is 6.33. The van der Waals surface area contributed by atoms with Gasteiger partial charge in [0, 0.05) is 0 Å². The van der Waals surface area contributed by atoms with Crippen LogP contribution in [-0.2, 0) is 17.6 Å². The smallest absolute Gasteiger partial charge is 0.360 e. The second kappa shape index (κ2) is 4.50. The van der Waals surface area contributed by atoms with E-state index >= 15 is 0 Å². The van der Waals surface area contributed by atoms with Crippen LogP contribution in [-0.4, -0.2) is 28.1 Å². The number of benzene rings is 1. The van der Waals surface area contributed by atoms with Crippen molar-refractivity contribution in [3.05, 3.63) is 40.7 Å². The molecule has 3 rings (SSSR count). The predicted molar refractivity (Wildman–Crippen MR) is 69.5 cm³/mol. The van der Waals surface area contributed by atoms with Gasteiger partial charge >= 0.3 is 5.97 Å². The van der Waals surface area contributed by atoms with Gasteiger partial charge in [-0.25, -0.2) is 9.48 Å². The summed E-state index contributed by atoms with van der Waals surface area (Å²) in [6.45, 7) is 1.82. The highest BCUT2D eigenvalue weighted by atomic mass is 16.5. The maximum atomic E-state index is 11.5. The summed E-state index contributed by atoms with van der Waals surface area (Å²) in [6.07, 6.45) is 3.47. The molecule has 1 aromatic carbocycles. The Morgan fingerprint density at radius 2 is 2.11 bits per heavy atom. The fourth-order valence-electron chi connectivity index (χ4n) is 2.55. The first-order chi connectivity index (χ1) is 9.20. The lowest BCUT2D eigenvalue weighted by atomic mass is 10.1. The van der Waals surface area contributed by atoms with Crippen molar-refractivity contribution in [2.75, 3.05) is 7.11 Å². The number of rotatable bonds is 2. The Balaban J connectivity index is 2.03. The lowest BCUT2D eigenvalue weighted by molar-refractivity contribution is 0.0593. The van der Waals surface area contributed by atoms with E-state index in [4.69, 9.17) is 0 Å². The number of carbonyl (C=O) groups is 1. The summed E-state index contributed by atoms with van der Waals surface area (Å²) in [7, 11) is 1.34. The highest BCUT2D eigenvalue weighted by Crippen LogP contribution is 2.24. The van der Waals surface area contributed by atoms with Gasteiger partial charge in [-0.15, -0.1) is 5.10 Å². The summed E-state index contributed by atoms with van der Waals surface area (Å²) >= 11 is 0. The third-order valence-electron chi connectivity index (χ3n) is 3.60. The molecule has 1 heterocycles. The summed E-state index contributed by atoms with van der Waals surface area (Å²) in [6, 6.07) is 6.29. The van der Waals surface area contributed by atoms with E-state index < -0.39 is 5.97 Å². The Morgan fingerprint density at radius 3 is 2.89 bits per heavy atom. The molecule has 1 aliphatic carbocycles. The number of aryl methyl sites for hydroxylation is 2. The van der Waals surface area contributed by atoms with Crippen LogP contribution in [0.5, 0.6) is 0 Å². The number of aromatic nitrogens is 3. The summed E-state index contributed by atoms with van der Waals surface area (Å²) in [5, 5.41) is 7.94. The van der Waals surface area contributed by atoms with Crippen LogP contribution in [0.25, 0.3) is 5.69 Å². The SMILES string of the molecule is COC(=O)c1nnn(-c2ccc3c(c2)CCC3)c1C. The van der Waals surface area contributed by atoms with Crippen LogP contribution < -0.4 is 0 Å². The number of fused-ring (bicyclic) bond motifs is 1. The zero-order chi connectivity index (χ0) is 13.4. The molecule has 0 amide bonds. The number of hydrogen-bond donors (Lipinski definition) is 0. The number of esters is 1. The number of methoxy groups -OCH3 is 1. The molecule has 0 spiro atoms. The van der Waals surface area contributed by atoms with E-state index in [0.29, 0.717) is 5.69 Å². The highest BCUT2D eigenvalue weighted by molar-refractivity contribution is 5.88. The van der Waals surface area contributed by atoms with Crippen LogP contribution in [0.3, 0.4) is 0 Å². The first kappa shape index (κ1) is 11.9. The molecule has 0 N–H and O–H groups in total. The molecule has 0 atom stereocenters. The largest absolute Gasteiger partial charge is 0.464 e. The van der Waals surface area contributed by atoms with Gasteiger partial charge in [0.25, 0.3) is 0 Å². The molecule has 19 heavy (non-hydrogen) atoms. The molecule has 0 radical (unpaired) electrons. The van der Waals surface area contributed by atoms with Gasteiger partial charge in [0.15, 0.2) is 5.69 Å². The Bertz CT molecular complexity index is 646. The van der Waals surface area contributed by atoms with Crippen LogP contribution in [0.4, 0.5) is 0 Å². The Labute approximate surface area is 111 Å². The van der Waals surface area contributed by atoms with E-state index in [-0.39, 0.29) is 5.69 Å². The Kier molecular flexibility index (Phi) is 2.81. The minimum atomic E-state index is -0.454. The lowest BCUT2D eigenvalue weighted by Gasteiger charge is -2.06. The van der Waals surface area contributed by atoms with Gasteiger partial charge in [0.1, 0.15) is 0 Å². The highest BCUT2D eigenvalue weighted by Gasteiger charge is 2.19. The molecule has 0 unspecified atom stereocenters. The van der Waals surface area contributed by atoms with Crippen molar-refractivity contribution in [2.45, 2.75) is 26.2 Å². The summed E-state index contributed by atoms with van der Waals surface area (Å²) in [4.78, 5) is 11.5. The zero-order valence-electron chi connectivity index (χ0n) is 11.0. The summed E-state index contributed by atoms with van der Waals surface area (Å²) in [5.41, 5.74) is 4.69. The van der Waals surface area contributed by atoms with E-state index in [0.717, 1.165) is 18.5 Å². The van der Waals surface area contributed by atoms with Crippen molar-refractivity contribution in [3.63, 3.8) is 0 Å². The first-order valence-corrected chi connectivity index (χ1v) is 6.33. The van der Waals surface area contributed by atoms with E-state index in [2.05, 4.69) is 27.2 Å². The van der Waals surface area contributed by atoms with Crippen molar-refractivity contribution < 1.29 is 9.53 Å². The normalized spacial score (nSPS) is 13.4. The zero-order valence-corrected chi connectivity index (χ0v) is 11.0. The van der Waals surface area contributed by atoms with E-state index in [1.807, 2.05) is 13.0 Å². The molecule has 0 bridgehead atoms. The summed E-state index contributed by atoms with van der Waals surface area (Å²) < 4.78 is 6.37. The molecule has 2 aromatic rings. The van der Waals surface area contributed by atoms with Crippen molar-refractivity contribution in [1.29, 1.82) is 0 Å². The fourth-order valence-corrected chi connectivity index (χ4v) is 2.55. The fraction of sp³-hybridized carbons (Fsp3) is 0.357. The van der Waals surface area contributed by atoms with Gasteiger partial charge in [-0.1, -0.05) is 11.3 Å². The molecule has 0 saturated carbocycles. The maximum Gasteiger partial charge on any atom is 0.360 e. The van der Waals surface area contributed by atoms with Crippen molar-refractivity contribution in [3.8, 4) is 5.69 Å². The van der Waals surface area contributed by atoms with Gasteiger partial charge in [-0.3, -0.25) is 0 Å². The number of ether oxygens (including phenoxy) is 1. The molecular weight excluding hydrogens is 242 g/mol. The van der Waals surface area contributed by atoms with Gasteiger partial charge in [-0.05, 0) is 49.4 Å². The van der Waals surface area contributed by atoms with E-state index in [9.17, 15) is 4.79 Å². The van der Waals surface area contributed by atoms with E-state index in [1.165, 1.54) is 24.7 Å². The molecule has 1 aliphatic rings. The van der Waals surface area contributed by atoms with Crippen molar-refractivity contribution >= 4 is 5.97 Å². The third kappa shape index (κ3) is 1.91. The minimum Gasteiger partial charge on any atom is -0.464 e. The molecular formula is C14H15N3O2. The molecule has 98 valence electrons. The Hall–Kier alpha value is -2.17. The number of hydrogen-bond acceptors (Lipinski definition) is 4. The molecule has 5 heteroatoms. The van der Waals surface area contributed by atoms with Crippen molar-refractivity contribution in [2.24, 2.45) is 0 Å². The standard InChI is InChI=1S/C14H15N3O2/c1-9-13(14(18)19-2)15-16-17(9)12-7-6-10-4-3-5-11(10)8-12/h6-8H,3-5H2,1-2H3. The topological polar surface area (TPSA) is 57.0 Å². The second-order valence-corrected chi connectivity index (χ2v) is 4.73. The number of carbonyl (C=O) groups excluding carboxylic acids is 1. The van der Waals surface area contributed by atoms with Crippen LogP contribution in [0.15, 0.2) is 18.2 Å². The molecule has 1 aromatic heterocycles. The van der Waals surface area contributed by atoms with Crippen LogP contribution in [0, 0.1) is 6.92 Å². The second-order valence-electron chi connectivity index (χ2n) is 4.73. The predicted octanol–water partition coefficient (Wildman–Crippen LogP) is 1.85. The van der Waals surface area contributed by atoms with Gasteiger partial charge < -0.3 is 4.74 Å². The molecule has 5 nitrogen and oxygen atoms in total. The third-order valence-corrected chi connectivity index (χ3v) is 3.60. The molecule has 0 aliphatic heterocycles. The van der Waals surface area contributed by atoms with Gasteiger partial charge in [0.2, 0.25) is 0 Å². The maximum absolute atomic E-state index is 11.5. The minimum absolute atomic E-state index is 0.267. The summed E-state index contributed by atoms with van der Waals surface area (Å²) in [5.74, 6) is -0.454. The Morgan fingerprint density at radius 1 is 1.32 bits per heavy atom. The van der Waals surface area contributed by atoms with Crippen LogP contribution in [0.2, 0.25) is 0 Å².